The lowest BCUT2D eigenvalue weighted by atomic mass is 10.0. The van der Waals surface area contributed by atoms with Gasteiger partial charge in [0.2, 0.25) is 0 Å². The number of aliphatic hydroxyl groups is 3. The molecule has 0 amide bonds. The molecule has 0 aromatic heterocycles. The first-order valence-corrected chi connectivity index (χ1v) is 22.3. The Morgan fingerprint density at radius 3 is 0.745 bits per heavy atom. The molecule has 0 saturated carbocycles. The van der Waals surface area contributed by atoms with Crippen LogP contribution in [-0.2, 0) is 9.53 Å². The van der Waals surface area contributed by atoms with Crippen LogP contribution in [0.25, 0.3) is 0 Å². The van der Waals surface area contributed by atoms with Crippen molar-refractivity contribution in [3.8, 4) is 0 Å². The molecule has 0 aliphatic rings. The van der Waals surface area contributed by atoms with Crippen LogP contribution in [0, 0.1) is 0 Å². The monoisotopic (exact) mass is 732 g/mol. The van der Waals surface area contributed by atoms with Gasteiger partial charge in [-0.3, -0.25) is 9.69 Å². The number of carbonyl (C=O) groups is 1. The highest BCUT2D eigenvalue weighted by Gasteiger charge is 2.00. The quantitative estimate of drug-likeness (QED) is 0.0464. The summed E-state index contributed by atoms with van der Waals surface area (Å²) in [7, 11) is 0. The molecule has 0 aliphatic heterocycles. The van der Waals surface area contributed by atoms with E-state index >= 15 is 0 Å². The van der Waals surface area contributed by atoms with Gasteiger partial charge in [0.05, 0.1) is 19.8 Å². The molecule has 0 rings (SSSR count). The summed E-state index contributed by atoms with van der Waals surface area (Å²) in [6, 6.07) is 0. The minimum Gasteiger partial charge on any atom is -0.481 e. The Morgan fingerprint density at radius 1 is 0.392 bits per heavy atom. The zero-order valence-electron chi connectivity index (χ0n) is 34.8. The number of aliphatic hydroxyl groups excluding tert-OH is 3. The number of aliphatic carboxylic acids is 1. The molecule has 7 nitrogen and oxygen atoms in total. The number of ether oxygens (including phenoxy) is 1. The maximum atomic E-state index is 9.00. The highest BCUT2D eigenvalue weighted by molar-refractivity contribution is 5.62. The topological polar surface area (TPSA) is 110 Å². The van der Waals surface area contributed by atoms with Crippen LogP contribution >= 0.6 is 0 Å². The molecule has 51 heavy (non-hydrogen) atoms. The van der Waals surface area contributed by atoms with Crippen molar-refractivity contribution in [2.75, 3.05) is 52.7 Å². The maximum Gasteiger partial charge on any atom is 0.300 e. The van der Waals surface area contributed by atoms with Crippen molar-refractivity contribution in [3.05, 3.63) is 0 Å². The first kappa shape index (κ1) is 54.6. The zero-order chi connectivity index (χ0) is 38.1. The summed E-state index contributed by atoms with van der Waals surface area (Å²) in [6.07, 6.45) is 46.0. The second kappa shape index (κ2) is 53.6. The Labute approximate surface area is 319 Å². The second-order valence-corrected chi connectivity index (χ2v) is 14.8. The highest BCUT2D eigenvalue weighted by Crippen LogP contribution is 2.15. The molecule has 0 fully saturated rings. The van der Waals surface area contributed by atoms with Crippen molar-refractivity contribution >= 4 is 5.97 Å². The number of hydrogen-bond donors (Lipinski definition) is 4. The molecule has 0 bridgehead atoms. The Balaban J connectivity index is -0.00000137. The zero-order valence-corrected chi connectivity index (χ0v) is 34.8. The summed E-state index contributed by atoms with van der Waals surface area (Å²) in [4.78, 5) is 10.8. The standard InChI is InChI=1S/C36H74O.C6H15NO3.C2H4O2/c1-3-5-7-9-11-13-15-17-19-21-23-25-27-29-31-33-35-37-36-34-32-30-28-26-24-22-20-18-16-14-12-10-8-6-4-2;8-4-1-7(2-5-9)3-6-10;1-2(3)4/h3-36H2,1-2H3;8-10H,1-6H2;1H3,(H,3,4). The van der Waals surface area contributed by atoms with E-state index < -0.39 is 5.97 Å². The SMILES string of the molecule is CC(=O)O.CCCCCCCCCCCCCCCCCCOCCCCCCCCCCCCCCCCCC.OCCN(CCO)CCO. The van der Waals surface area contributed by atoms with Gasteiger partial charge in [0.15, 0.2) is 0 Å². The van der Waals surface area contributed by atoms with Crippen LogP contribution in [0.15, 0.2) is 0 Å². The average molecular weight is 732 g/mol. The molecule has 4 N–H and O–H groups in total. The van der Waals surface area contributed by atoms with Gasteiger partial charge < -0.3 is 25.2 Å². The minimum absolute atomic E-state index is 0.0694. The number of rotatable bonds is 40. The lowest BCUT2D eigenvalue weighted by molar-refractivity contribution is -0.134. The molecule has 0 unspecified atom stereocenters. The van der Waals surface area contributed by atoms with E-state index in [1.54, 1.807) is 4.90 Å². The van der Waals surface area contributed by atoms with Crippen molar-refractivity contribution in [2.24, 2.45) is 0 Å². The van der Waals surface area contributed by atoms with Crippen LogP contribution < -0.4 is 0 Å². The number of nitrogens with zero attached hydrogens (tertiary/aromatic N) is 1. The Hall–Kier alpha value is -0.730. The molecule has 0 spiro atoms. The third-order valence-corrected chi connectivity index (χ3v) is 9.53. The minimum atomic E-state index is -0.833. The smallest absolute Gasteiger partial charge is 0.300 e. The molecule has 0 radical (unpaired) electrons. The molecule has 310 valence electrons. The lowest BCUT2D eigenvalue weighted by Gasteiger charge is -2.17. The third-order valence-electron chi connectivity index (χ3n) is 9.53. The van der Waals surface area contributed by atoms with Crippen molar-refractivity contribution < 1.29 is 30.0 Å². The van der Waals surface area contributed by atoms with E-state index in [1.165, 1.54) is 205 Å². The summed E-state index contributed by atoms with van der Waals surface area (Å²) in [6.45, 7) is 9.44. The van der Waals surface area contributed by atoms with Crippen molar-refractivity contribution in [1.29, 1.82) is 0 Å². The predicted octanol–water partition coefficient (Wildman–Crippen LogP) is 11.9. The fraction of sp³-hybridized carbons (Fsp3) is 0.977. The van der Waals surface area contributed by atoms with E-state index in [2.05, 4.69) is 13.8 Å². The van der Waals surface area contributed by atoms with Gasteiger partial charge >= 0.3 is 0 Å². The fourth-order valence-corrected chi connectivity index (χ4v) is 6.37. The van der Waals surface area contributed by atoms with Gasteiger partial charge in [0.25, 0.3) is 5.97 Å². The summed E-state index contributed by atoms with van der Waals surface area (Å²) < 4.78 is 5.87. The van der Waals surface area contributed by atoms with Gasteiger partial charge in [0.1, 0.15) is 0 Å². The molecule has 0 aliphatic carbocycles. The summed E-state index contributed by atoms with van der Waals surface area (Å²) in [5, 5.41) is 32.9. The lowest BCUT2D eigenvalue weighted by Crippen LogP contribution is -2.32. The Kier molecular flexibility index (Phi) is 57.4. The van der Waals surface area contributed by atoms with Gasteiger partial charge in [-0.15, -0.1) is 0 Å². The van der Waals surface area contributed by atoms with E-state index in [4.69, 9.17) is 30.0 Å². The molecule has 0 aromatic rings. The molecule has 0 aromatic carbocycles. The van der Waals surface area contributed by atoms with Crippen molar-refractivity contribution in [3.63, 3.8) is 0 Å². The van der Waals surface area contributed by atoms with Crippen LogP contribution in [0.1, 0.15) is 226 Å². The van der Waals surface area contributed by atoms with E-state index in [0.717, 1.165) is 20.1 Å². The van der Waals surface area contributed by atoms with Crippen LogP contribution in [-0.4, -0.2) is 84.0 Å². The maximum absolute atomic E-state index is 9.00. The molecule has 7 heteroatoms. The van der Waals surface area contributed by atoms with E-state index in [1.807, 2.05) is 0 Å². The molecule has 0 atom stereocenters. The van der Waals surface area contributed by atoms with Crippen molar-refractivity contribution in [2.45, 2.75) is 226 Å². The molecule has 0 saturated heterocycles. The fourth-order valence-electron chi connectivity index (χ4n) is 6.37. The van der Waals surface area contributed by atoms with Gasteiger partial charge in [-0.1, -0.05) is 206 Å². The van der Waals surface area contributed by atoms with Gasteiger partial charge in [-0.2, -0.15) is 0 Å². The Bertz CT molecular complexity index is 542. The van der Waals surface area contributed by atoms with Crippen molar-refractivity contribution in [1.82, 2.24) is 4.90 Å². The van der Waals surface area contributed by atoms with Gasteiger partial charge in [0, 0.05) is 39.8 Å². The number of carboxylic acids is 1. The number of unbranched alkanes of at least 4 members (excludes halogenated alkanes) is 30. The first-order valence-electron chi connectivity index (χ1n) is 22.3. The summed E-state index contributed by atoms with van der Waals surface area (Å²) in [5.74, 6) is -0.833. The number of hydrogen-bond acceptors (Lipinski definition) is 6. The number of carboxylic acid groups (broad SMARTS) is 1. The first-order chi connectivity index (χ1) is 25.0. The second-order valence-electron chi connectivity index (χ2n) is 14.8. The highest BCUT2D eigenvalue weighted by atomic mass is 16.5. The van der Waals surface area contributed by atoms with E-state index in [0.29, 0.717) is 19.6 Å². The summed E-state index contributed by atoms with van der Waals surface area (Å²) >= 11 is 0. The van der Waals surface area contributed by atoms with Crippen LogP contribution in [0.2, 0.25) is 0 Å². The molecule has 0 heterocycles. The largest absolute Gasteiger partial charge is 0.481 e. The van der Waals surface area contributed by atoms with Gasteiger partial charge in [-0.25, -0.2) is 0 Å². The van der Waals surface area contributed by atoms with Crippen LogP contribution in [0.3, 0.4) is 0 Å². The van der Waals surface area contributed by atoms with Crippen LogP contribution in [0.5, 0.6) is 0 Å². The predicted molar refractivity (Wildman–Crippen MR) is 221 cm³/mol. The molecular weight excluding hydrogens is 638 g/mol. The normalized spacial score (nSPS) is 11.0. The molecular formula is C44H93NO6. The average Bonchev–Trinajstić information content (AvgIpc) is 3.11. The Morgan fingerprint density at radius 2 is 0.569 bits per heavy atom. The third kappa shape index (κ3) is 61.6. The van der Waals surface area contributed by atoms with Crippen LogP contribution in [0.4, 0.5) is 0 Å². The van der Waals surface area contributed by atoms with E-state index in [-0.39, 0.29) is 19.8 Å². The van der Waals surface area contributed by atoms with Gasteiger partial charge in [-0.05, 0) is 12.8 Å². The summed E-state index contributed by atoms with van der Waals surface area (Å²) in [5.41, 5.74) is 0. The van der Waals surface area contributed by atoms with E-state index in [9.17, 15) is 0 Å².